The third-order valence-electron chi connectivity index (χ3n) is 2.64. The van der Waals surface area contributed by atoms with E-state index in [0.717, 1.165) is 6.20 Å². The topological polar surface area (TPSA) is 91.4 Å². The Kier molecular flexibility index (Phi) is 5.10. The van der Waals surface area contributed by atoms with Crippen molar-refractivity contribution in [2.45, 2.75) is 24.8 Å². The van der Waals surface area contributed by atoms with Crippen molar-refractivity contribution in [2.24, 2.45) is 0 Å². The molecule has 0 aliphatic rings. The Hall–Kier alpha value is -1.38. The third kappa shape index (κ3) is 4.05. The van der Waals surface area contributed by atoms with Crippen LogP contribution in [-0.4, -0.2) is 34.9 Å². The molecule has 0 aliphatic heterocycles. The maximum Gasteiger partial charge on any atom is 0.419 e. The lowest BCUT2D eigenvalue weighted by molar-refractivity contribution is -0.137. The standard InChI is InChI=1S/C11H16F3N3O2/c1-16-3-2-8(18)9(19)6-4-7(11(12,13)14)10(15)17-5-6/h4-5,8-9,16,18-19H,2-3H2,1H3,(H2,15,17). The maximum atomic E-state index is 12.6. The molecule has 0 spiro atoms. The SMILES string of the molecule is CNCCC(O)C(O)c1cnc(N)c(C(F)(F)F)c1. The first-order valence-corrected chi connectivity index (χ1v) is 5.60. The van der Waals surface area contributed by atoms with Crippen LogP contribution < -0.4 is 11.1 Å². The van der Waals surface area contributed by atoms with Gasteiger partial charge in [0.25, 0.3) is 0 Å². The van der Waals surface area contributed by atoms with E-state index in [-0.39, 0.29) is 12.0 Å². The maximum absolute atomic E-state index is 12.6. The average molecular weight is 279 g/mol. The molecule has 5 N–H and O–H groups in total. The summed E-state index contributed by atoms with van der Waals surface area (Å²) in [7, 11) is 1.66. The average Bonchev–Trinajstić information content (AvgIpc) is 2.34. The molecule has 0 bridgehead atoms. The van der Waals surface area contributed by atoms with E-state index in [4.69, 9.17) is 5.73 Å². The Morgan fingerprint density at radius 3 is 2.58 bits per heavy atom. The second-order valence-corrected chi connectivity index (χ2v) is 4.10. The van der Waals surface area contributed by atoms with E-state index >= 15 is 0 Å². The number of hydrogen-bond acceptors (Lipinski definition) is 5. The van der Waals surface area contributed by atoms with Gasteiger partial charge in [0.15, 0.2) is 0 Å². The number of rotatable bonds is 5. The number of nitrogens with two attached hydrogens (primary N) is 1. The van der Waals surface area contributed by atoms with E-state index in [9.17, 15) is 23.4 Å². The fraction of sp³-hybridized carbons (Fsp3) is 0.545. The van der Waals surface area contributed by atoms with Crippen molar-refractivity contribution in [3.8, 4) is 0 Å². The lowest BCUT2D eigenvalue weighted by atomic mass is 10.0. The molecule has 5 nitrogen and oxygen atoms in total. The Balaban J connectivity index is 2.95. The zero-order valence-electron chi connectivity index (χ0n) is 10.3. The zero-order valence-corrected chi connectivity index (χ0v) is 10.3. The highest BCUT2D eigenvalue weighted by Gasteiger charge is 2.34. The monoisotopic (exact) mass is 279 g/mol. The van der Waals surface area contributed by atoms with Gasteiger partial charge in [-0.3, -0.25) is 0 Å². The molecule has 0 aromatic carbocycles. The largest absolute Gasteiger partial charge is 0.419 e. The van der Waals surface area contributed by atoms with Gasteiger partial charge >= 0.3 is 6.18 Å². The van der Waals surface area contributed by atoms with Gasteiger partial charge in [-0.05, 0) is 26.1 Å². The number of nitrogen functional groups attached to an aromatic ring is 1. The summed E-state index contributed by atoms with van der Waals surface area (Å²) in [5.41, 5.74) is 3.91. The summed E-state index contributed by atoms with van der Waals surface area (Å²) >= 11 is 0. The summed E-state index contributed by atoms with van der Waals surface area (Å²) in [5.74, 6) is -0.659. The molecule has 108 valence electrons. The third-order valence-corrected chi connectivity index (χ3v) is 2.64. The minimum atomic E-state index is -4.65. The number of aromatic nitrogens is 1. The number of aliphatic hydroxyl groups is 2. The first kappa shape index (κ1) is 15.7. The molecule has 0 saturated heterocycles. The molecular formula is C11H16F3N3O2. The second-order valence-electron chi connectivity index (χ2n) is 4.10. The molecule has 2 atom stereocenters. The lowest BCUT2D eigenvalue weighted by Crippen LogP contribution is -2.24. The van der Waals surface area contributed by atoms with Crippen LogP contribution in [0.3, 0.4) is 0 Å². The van der Waals surface area contributed by atoms with Crippen LogP contribution in [0, 0.1) is 0 Å². The van der Waals surface area contributed by atoms with Crippen LogP contribution in [0.15, 0.2) is 12.3 Å². The summed E-state index contributed by atoms with van der Waals surface area (Å²) in [6.45, 7) is 0.423. The molecule has 0 fully saturated rings. The highest BCUT2D eigenvalue weighted by Crippen LogP contribution is 2.34. The van der Waals surface area contributed by atoms with Gasteiger partial charge in [0, 0.05) is 11.8 Å². The molecule has 0 amide bonds. The second kappa shape index (κ2) is 6.18. The number of hydrogen-bond donors (Lipinski definition) is 4. The quantitative estimate of drug-likeness (QED) is 0.636. The van der Waals surface area contributed by atoms with Crippen molar-refractivity contribution in [1.82, 2.24) is 10.3 Å². The van der Waals surface area contributed by atoms with E-state index in [2.05, 4.69) is 10.3 Å². The van der Waals surface area contributed by atoms with Gasteiger partial charge in [-0.15, -0.1) is 0 Å². The van der Waals surface area contributed by atoms with Crippen LogP contribution in [-0.2, 0) is 6.18 Å². The molecule has 0 aliphatic carbocycles. The zero-order chi connectivity index (χ0) is 14.6. The molecule has 19 heavy (non-hydrogen) atoms. The molecule has 1 aromatic heterocycles. The van der Waals surface area contributed by atoms with Gasteiger partial charge < -0.3 is 21.3 Å². The van der Waals surface area contributed by atoms with Gasteiger partial charge in [-0.25, -0.2) is 4.98 Å². The molecule has 1 rings (SSSR count). The first-order chi connectivity index (χ1) is 8.77. The van der Waals surface area contributed by atoms with Crippen molar-refractivity contribution in [3.63, 3.8) is 0 Å². The number of aliphatic hydroxyl groups excluding tert-OH is 2. The van der Waals surface area contributed by atoms with E-state index in [1.54, 1.807) is 7.05 Å². The van der Waals surface area contributed by atoms with Gasteiger partial charge in [0.1, 0.15) is 11.9 Å². The van der Waals surface area contributed by atoms with Gasteiger partial charge in [0.2, 0.25) is 0 Å². The number of pyridine rings is 1. The number of nitrogens with one attached hydrogen (secondary N) is 1. The van der Waals surface area contributed by atoms with Crippen molar-refractivity contribution < 1.29 is 23.4 Å². The van der Waals surface area contributed by atoms with Crippen molar-refractivity contribution in [1.29, 1.82) is 0 Å². The number of nitrogens with zero attached hydrogens (tertiary/aromatic N) is 1. The summed E-state index contributed by atoms with van der Waals surface area (Å²) in [6, 6.07) is 0.704. The minimum absolute atomic E-state index is 0.120. The molecular weight excluding hydrogens is 263 g/mol. The van der Waals surface area contributed by atoms with Crippen LogP contribution in [0.4, 0.5) is 19.0 Å². The molecule has 0 radical (unpaired) electrons. The highest BCUT2D eigenvalue weighted by molar-refractivity contribution is 5.43. The molecule has 8 heteroatoms. The highest BCUT2D eigenvalue weighted by atomic mass is 19.4. The summed E-state index contributed by atoms with van der Waals surface area (Å²) in [4.78, 5) is 3.40. The number of halogens is 3. The van der Waals surface area contributed by atoms with Crippen molar-refractivity contribution >= 4 is 5.82 Å². The van der Waals surface area contributed by atoms with Crippen molar-refractivity contribution in [2.75, 3.05) is 19.3 Å². The first-order valence-electron chi connectivity index (χ1n) is 5.60. The summed E-state index contributed by atoms with van der Waals surface area (Å²) in [5, 5.41) is 22.2. The molecule has 0 saturated carbocycles. The van der Waals surface area contributed by atoms with Crippen LogP contribution in [0.1, 0.15) is 23.7 Å². The van der Waals surface area contributed by atoms with Gasteiger partial charge in [-0.1, -0.05) is 0 Å². The Labute approximate surface area is 108 Å². The van der Waals surface area contributed by atoms with Crippen LogP contribution in [0.5, 0.6) is 0 Å². The summed E-state index contributed by atoms with van der Waals surface area (Å²) in [6.07, 6.45) is -6.05. The van der Waals surface area contributed by atoms with Gasteiger partial charge in [-0.2, -0.15) is 13.2 Å². The smallest absolute Gasteiger partial charge is 0.390 e. The normalized spacial score (nSPS) is 15.3. The summed E-state index contributed by atoms with van der Waals surface area (Å²) < 4.78 is 37.9. The molecule has 1 aromatic rings. The predicted molar refractivity (Wildman–Crippen MR) is 63.2 cm³/mol. The Morgan fingerprint density at radius 1 is 1.42 bits per heavy atom. The van der Waals surface area contributed by atoms with Crippen molar-refractivity contribution in [3.05, 3.63) is 23.4 Å². The van der Waals surface area contributed by atoms with Crippen LogP contribution >= 0.6 is 0 Å². The van der Waals surface area contributed by atoms with Crippen LogP contribution in [0.2, 0.25) is 0 Å². The van der Waals surface area contributed by atoms with Crippen LogP contribution in [0.25, 0.3) is 0 Å². The van der Waals surface area contributed by atoms with E-state index in [1.165, 1.54) is 0 Å². The fourth-order valence-corrected chi connectivity index (χ4v) is 1.55. The number of alkyl halides is 3. The molecule has 2 unspecified atom stereocenters. The van der Waals surface area contributed by atoms with E-state index < -0.39 is 29.8 Å². The lowest BCUT2D eigenvalue weighted by Gasteiger charge is -2.19. The van der Waals surface area contributed by atoms with Gasteiger partial charge in [0.05, 0.1) is 11.7 Å². The molecule has 1 heterocycles. The van der Waals surface area contributed by atoms with E-state index in [0.29, 0.717) is 12.6 Å². The van der Waals surface area contributed by atoms with E-state index in [1.807, 2.05) is 0 Å². The predicted octanol–water partition coefficient (Wildman–Crippen LogP) is 0.686. The minimum Gasteiger partial charge on any atom is -0.390 e. The Morgan fingerprint density at radius 2 is 2.05 bits per heavy atom. The fourth-order valence-electron chi connectivity index (χ4n) is 1.55. The number of anilines is 1. The Bertz CT molecular complexity index is 426.